The van der Waals surface area contributed by atoms with Gasteiger partial charge in [-0.3, -0.25) is 0 Å². The number of rotatable bonds is 5. The Morgan fingerprint density at radius 3 is 2.85 bits per heavy atom. The molecule has 0 aliphatic heterocycles. The quantitative estimate of drug-likeness (QED) is 0.668. The predicted molar refractivity (Wildman–Crippen MR) is 83.2 cm³/mol. The molecule has 0 aliphatic rings. The Morgan fingerprint density at radius 1 is 1.20 bits per heavy atom. The summed E-state index contributed by atoms with van der Waals surface area (Å²) in [7, 11) is 0. The maximum absolute atomic E-state index is 5.79. The molecule has 1 aromatic carbocycles. The normalized spacial score (nSPS) is 11.1. The molecular weight excluding hydrogens is 318 g/mol. The monoisotopic (exact) mass is 333 g/mol. The van der Waals surface area contributed by atoms with E-state index in [0.717, 1.165) is 40.1 Å². The lowest BCUT2D eigenvalue weighted by Gasteiger charge is -2.07. The first-order valence-electron chi connectivity index (χ1n) is 6.73. The number of halogens is 1. The molecule has 0 saturated carbocycles. The molecule has 20 heavy (non-hydrogen) atoms. The molecule has 0 spiro atoms. The van der Waals surface area contributed by atoms with Crippen LogP contribution in [0.2, 0.25) is 0 Å². The summed E-state index contributed by atoms with van der Waals surface area (Å²) in [5.74, 6) is 1.87. The standard InChI is InChI=1S/C16H16BrNO2/c1-2-10-19-15-5-3-4-14-13(15)8-9-18(14)11-12-6-7-16(17)20-12/h3-9H,2,10-11H2,1H3. The van der Waals surface area contributed by atoms with Crippen molar-refractivity contribution < 1.29 is 9.15 Å². The summed E-state index contributed by atoms with van der Waals surface area (Å²) in [5, 5.41) is 1.14. The van der Waals surface area contributed by atoms with E-state index in [4.69, 9.17) is 9.15 Å². The van der Waals surface area contributed by atoms with Gasteiger partial charge in [0.25, 0.3) is 0 Å². The number of ether oxygens (including phenoxy) is 1. The van der Waals surface area contributed by atoms with Gasteiger partial charge in [-0.05, 0) is 52.7 Å². The molecule has 2 aromatic heterocycles. The number of hydrogen-bond donors (Lipinski definition) is 0. The Labute approximate surface area is 126 Å². The highest BCUT2D eigenvalue weighted by atomic mass is 79.9. The van der Waals surface area contributed by atoms with Gasteiger partial charge in [-0.2, -0.15) is 0 Å². The molecule has 4 heteroatoms. The number of aromatic nitrogens is 1. The molecule has 2 heterocycles. The molecule has 0 N–H and O–H groups in total. The number of benzene rings is 1. The Hall–Kier alpha value is -1.68. The molecule has 104 valence electrons. The van der Waals surface area contributed by atoms with E-state index >= 15 is 0 Å². The largest absolute Gasteiger partial charge is 0.493 e. The van der Waals surface area contributed by atoms with Crippen LogP contribution in [0.5, 0.6) is 5.75 Å². The SMILES string of the molecule is CCCOc1cccc2c1ccn2Cc1ccc(Br)o1. The fraction of sp³-hybridized carbons (Fsp3) is 0.250. The predicted octanol–water partition coefficient (Wildman–Crippen LogP) is 4.83. The van der Waals surface area contributed by atoms with Crippen LogP contribution in [0.4, 0.5) is 0 Å². The van der Waals surface area contributed by atoms with Crippen LogP contribution >= 0.6 is 15.9 Å². The highest BCUT2D eigenvalue weighted by molar-refractivity contribution is 9.10. The molecular formula is C16H16BrNO2. The van der Waals surface area contributed by atoms with Crippen molar-refractivity contribution in [1.82, 2.24) is 4.57 Å². The summed E-state index contributed by atoms with van der Waals surface area (Å²) in [4.78, 5) is 0. The number of hydrogen-bond acceptors (Lipinski definition) is 2. The fourth-order valence-corrected chi connectivity index (χ4v) is 2.62. The lowest BCUT2D eigenvalue weighted by molar-refractivity contribution is 0.321. The molecule has 0 bridgehead atoms. The lowest BCUT2D eigenvalue weighted by atomic mass is 10.2. The van der Waals surface area contributed by atoms with Gasteiger partial charge in [-0.25, -0.2) is 0 Å². The summed E-state index contributed by atoms with van der Waals surface area (Å²) in [6.45, 7) is 3.57. The molecule has 0 saturated heterocycles. The third-order valence-electron chi connectivity index (χ3n) is 3.19. The highest BCUT2D eigenvalue weighted by Gasteiger charge is 2.08. The van der Waals surface area contributed by atoms with Gasteiger partial charge in [-0.15, -0.1) is 0 Å². The average Bonchev–Trinajstić information content (AvgIpc) is 3.04. The summed E-state index contributed by atoms with van der Waals surface area (Å²) in [6.07, 6.45) is 3.08. The van der Waals surface area contributed by atoms with Crippen molar-refractivity contribution in [2.24, 2.45) is 0 Å². The van der Waals surface area contributed by atoms with Crippen LogP contribution in [0, 0.1) is 0 Å². The van der Waals surface area contributed by atoms with E-state index in [1.165, 1.54) is 0 Å². The van der Waals surface area contributed by atoms with E-state index in [1.54, 1.807) is 0 Å². The molecule has 0 amide bonds. The first-order chi connectivity index (χ1) is 9.78. The van der Waals surface area contributed by atoms with E-state index in [2.05, 4.69) is 45.8 Å². The van der Waals surface area contributed by atoms with Gasteiger partial charge in [-0.1, -0.05) is 13.0 Å². The van der Waals surface area contributed by atoms with E-state index in [9.17, 15) is 0 Å². The molecule has 3 rings (SSSR count). The molecule has 0 fully saturated rings. The van der Waals surface area contributed by atoms with Crippen LogP contribution in [0.3, 0.4) is 0 Å². The molecule has 0 aliphatic carbocycles. The maximum atomic E-state index is 5.79. The Bertz CT molecular complexity index is 714. The molecule has 3 nitrogen and oxygen atoms in total. The van der Waals surface area contributed by atoms with Crippen molar-refractivity contribution in [3.05, 3.63) is 53.0 Å². The van der Waals surface area contributed by atoms with Crippen molar-refractivity contribution in [1.29, 1.82) is 0 Å². The van der Waals surface area contributed by atoms with Crippen molar-refractivity contribution in [3.63, 3.8) is 0 Å². The molecule has 0 atom stereocenters. The van der Waals surface area contributed by atoms with Crippen LogP contribution in [0.15, 0.2) is 51.7 Å². The first kappa shape index (κ1) is 13.3. The van der Waals surface area contributed by atoms with Gasteiger partial charge in [0.15, 0.2) is 4.67 Å². The Morgan fingerprint density at radius 2 is 2.10 bits per heavy atom. The smallest absolute Gasteiger partial charge is 0.169 e. The van der Waals surface area contributed by atoms with Crippen molar-refractivity contribution >= 4 is 26.8 Å². The lowest BCUT2D eigenvalue weighted by Crippen LogP contribution is -1.97. The molecule has 3 aromatic rings. The van der Waals surface area contributed by atoms with E-state index in [0.29, 0.717) is 6.54 Å². The second kappa shape index (κ2) is 5.75. The fourth-order valence-electron chi connectivity index (χ4n) is 2.28. The zero-order chi connectivity index (χ0) is 13.9. The number of fused-ring (bicyclic) bond motifs is 1. The van der Waals surface area contributed by atoms with Gasteiger partial charge in [0.2, 0.25) is 0 Å². The van der Waals surface area contributed by atoms with Crippen LogP contribution in [-0.4, -0.2) is 11.2 Å². The van der Waals surface area contributed by atoms with Crippen LogP contribution in [0.1, 0.15) is 19.1 Å². The third-order valence-corrected chi connectivity index (χ3v) is 3.62. The summed E-state index contributed by atoms with van der Waals surface area (Å²) >= 11 is 3.33. The highest BCUT2D eigenvalue weighted by Crippen LogP contribution is 2.27. The average molecular weight is 334 g/mol. The van der Waals surface area contributed by atoms with Crippen molar-refractivity contribution in [2.75, 3.05) is 6.61 Å². The van der Waals surface area contributed by atoms with Crippen LogP contribution in [0.25, 0.3) is 10.9 Å². The Balaban J connectivity index is 1.92. The zero-order valence-electron chi connectivity index (χ0n) is 11.3. The van der Waals surface area contributed by atoms with Gasteiger partial charge in [0, 0.05) is 11.6 Å². The van der Waals surface area contributed by atoms with Crippen molar-refractivity contribution in [3.8, 4) is 5.75 Å². The number of furan rings is 1. The topological polar surface area (TPSA) is 27.3 Å². The summed E-state index contributed by atoms with van der Waals surface area (Å²) in [6, 6.07) is 12.1. The molecule has 0 radical (unpaired) electrons. The van der Waals surface area contributed by atoms with Gasteiger partial charge >= 0.3 is 0 Å². The van der Waals surface area contributed by atoms with Crippen LogP contribution < -0.4 is 4.74 Å². The van der Waals surface area contributed by atoms with E-state index in [-0.39, 0.29) is 0 Å². The second-order valence-corrected chi connectivity index (χ2v) is 5.47. The Kier molecular flexibility index (Phi) is 3.83. The number of nitrogens with zero attached hydrogens (tertiary/aromatic N) is 1. The second-order valence-electron chi connectivity index (χ2n) is 4.69. The van der Waals surface area contributed by atoms with E-state index in [1.807, 2.05) is 24.3 Å². The summed E-state index contributed by atoms with van der Waals surface area (Å²) < 4.78 is 14.3. The minimum absolute atomic E-state index is 0.715. The van der Waals surface area contributed by atoms with Gasteiger partial charge in [0.1, 0.15) is 11.5 Å². The van der Waals surface area contributed by atoms with Crippen molar-refractivity contribution in [2.45, 2.75) is 19.9 Å². The third kappa shape index (κ3) is 2.61. The van der Waals surface area contributed by atoms with E-state index < -0.39 is 0 Å². The first-order valence-corrected chi connectivity index (χ1v) is 7.52. The van der Waals surface area contributed by atoms with Gasteiger partial charge < -0.3 is 13.7 Å². The maximum Gasteiger partial charge on any atom is 0.169 e. The van der Waals surface area contributed by atoms with Crippen LogP contribution in [-0.2, 0) is 6.54 Å². The minimum Gasteiger partial charge on any atom is -0.493 e. The minimum atomic E-state index is 0.715. The zero-order valence-corrected chi connectivity index (χ0v) is 12.9. The van der Waals surface area contributed by atoms with Gasteiger partial charge in [0.05, 0.1) is 18.7 Å². The molecule has 0 unspecified atom stereocenters. The summed E-state index contributed by atoms with van der Waals surface area (Å²) in [5.41, 5.74) is 1.16.